The third-order valence-electron chi connectivity index (χ3n) is 4.52. The summed E-state index contributed by atoms with van der Waals surface area (Å²) >= 11 is 5.85. The zero-order valence-corrected chi connectivity index (χ0v) is 18.1. The van der Waals surface area contributed by atoms with E-state index in [1.54, 1.807) is 6.92 Å². The summed E-state index contributed by atoms with van der Waals surface area (Å²) in [5, 5.41) is 2.91. The Morgan fingerprint density at radius 1 is 0.968 bits per heavy atom. The van der Waals surface area contributed by atoms with Crippen LogP contribution in [0.25, 0.3) is 0 Å². The number of carbonyl (C=O) groups is 1. The lowest BCUT2D eigenvalue weighted by atomic mass is 10.2. The van der Waals surface area contributed by atoms with Gasteiger partial charge >= 0.3 is 0 Å². The third-order valence-corrected chi connectivity index (χ3v) is 6.58. The van der Waals surface area contributed by atoms with E-state index in [2.05, 4.69) is 5.32 Å². The van der Waals surface area contributed by atoms with Crippen LogP contribution in [0.15, 0.2) is 71.6 Å². The monoisotopic (exact) mass is 464 g/mol. The Balaban J connectivity index is 1.89. The van der Waals surface area contributed by atoms with Crippen molar-refractivity contribution < 1.29 is 22.0 Å². The van der Waals surface area contributed by atoms with Gasteiger partial charge in [-0.2, -0.15) is 4.31 Å². The molecule has 0 aliphatic heterocycles. The van der Waals surface area contributed by atoms with Crippen molar-refractivity contribution in [1.82, 2.24) is 4.31 Å². The van der Waals surface area contributed by atoms with Crippen molar-refractivity contribution in [3.05, 3.63) is 94.5 Å². The lowest BCUT2D eigenvalue weighted by Crippen LogP contribution is -2.37. The molecule has 31 heavy (non-hydrogen) atoms. The van der Waals surface area contributed by atoms with E-state index in [9.17, 15) is 22.0 Å². The summed E-state index contributed by atoms with van der Waals surface area (Å²) in [6.45, 7) is 0.995. The van der Waals surface area contributed by atoms with Gasteiger partial charge in [-0.1, -0.05) is 29.8 Å². The van der Waals surface area contributed by atoms with Crippen LogP contribution in [0.1, 0.15) is 11.1 Å². The lowest BCUT2D eigenvalue weighted by Gasteiger charge is -2.22. The topological polar surface area (TPSA) is 66.5 Å². The number of nitrogens with zero attached hydrogens (tertiary/aromatic N) is 1. The van der Waals surface area contributed by atoms with Crippen LogP contribution >= 0.6 is 11.6 Å². The van der Waals surface area contributed by atoms with Crippen molar-refractivity contribution in [1.29, 1.82) is 0 Å². The summed E-state index contributed by atoms with van der Waals surface area (Å²) < 4.78 is 54.1. The lowest BCUT2D eigenvalue weighted by molar-refractivity contribution is -0.116. The second-order valence-corrected chi connectivity index (χ2v) is 9.24. The average molecular weight is 465 g/mol. The van der Waals surface area contributed by atoms with Crippen molar-refractivity contribution in [2.45, 2.75) is 18.4 Å². The van der Waals surface area contributed by atoms with Gasteiger partial charge in [0, 0.05) is 17.3 Å². The molecule has 0 aliphatic carbocycles. The number of amides is 1. The fourth-order valence-corrected chi connectivity index (χ4v) is 4.36. The molecular formula is C22H19ClF2N2O3S. The second kappa shape index (κ2) is 9.55. The smallest absolute Gasteiger partial charge is 0.243 e. The molecule has 1 N–H and O–H groups in total. The normalized spacial score (nSPS) is 11.5. The number of hydrogen-bond acceptors (Lipinski definition) is 3. The van der Waals surface area contributed by atoms with Crippen molar-refractivity contribution in [2.24, 2.45) is 0 Å². The van der Waals surface area contributed by atoms with Crippen LogP contribution < -0.4 is 5.32 Å². The standard InChI is InChI=1S/C22H19ClF2N2O3S/c1-15-2-7-19(25)12-21(15)26-22(28)14-27(13-16-3-8-18(24)9-4-16)31(29,30)20-10-5-17(23)6-11-20/h2-12H,13-14H2,1H3,(H,26,28). The largest absolute Gasteiger partial charge is 0.325 e. The molecule has 3 aromatic rings. The fraction of sp³-hybridized carbons (Fsp3) is 0.136. The number of anilines is 1. The molecule has 0 heterocycles. The summed E-state index contributed by atoms with van der Waals surface area (Å²) in [4.78, 5) is 12.6. The molecule has 0 fully saturated rings. The van der Waals surface area contributed by atoms with E-state index in [0.717, 1.165) is 10.4 Å². The minimum absolute atomic E-state index is 0.0475. The highest BCUT2D eigenvalue weighted by Crippen LogP contribution is 2.22. The molecule has 0 aromatic heterocycles. The van der Waals surface area contributed by atoms with E-state index in [1.165, 1.54) is 60.7 Å². The molecule has 0 spiro atoms. The summed E-state index contributed by atoms with van der Waals surface area (Å²) in [6, 6.07) is 14.8. The van der Waals surface area contributed by atoms with E-state index < -0.39 is 34.1 Å². The van der Waals surface area contributed by atoms with Crippen LogP contribution in [-0.2, 0) is 21.4 Å². The molecule has 0 saturated heterocycles. The van der Waals surface area contributed by atoms with E-state index in [1.807, 2.05) is 0 Å². The molecule has 0 saturated carbocycles. The van der Waals surface area contributed by atoms with E-state index in [0.29, 0.717) is 16.1 Å². The van der Waals surface area contributed by atoms with Gasteiger partial charge in [0.05, 0.1) is 11.4 Å². The number of benzene rings is 3. The summed E-state index contributed by atoms with van der Waals surface area (Å²) in [6.07, 6.45) is 0. The Hall–Kier alpha value is -2.81. The Bertz CT molecular complexity index is 1180. The molecule has 0 unspecified atom stereocenters. The summed E-state index contributed by atoms with van der Waals surface area (Å²) in [5.41, 5.74) is 1.37. The van der Waals surface area contributed by atoms with Gasteiger partial charge in [0.2, 0.25) is 15.9 Å². The minimum atomic E-state index is -4.09. The van der Waals surface area contributed by atoms with E-state index >= 15 is 0 Å². The molecule has 9 heteroatoms. The van der Waals surface area contributed by atoms with Crippen molar-refractivity contribution >= 4 is 33.2 Å². The number of aryl methyl sites for hydroxylation is 1. The van der Waals surface area contributed by atoms with Crippen molar-refractivity contribution in [2.75, 3.05) is 11.9 Å². The molecule has 1 amide bonds. The summed E-state index contributed by atoms with van der Waals surface area (Å²) in [7, 11) is -4.09. The molecule has 3 rings (SSSR count). The Kier molecular flexibility index (Phi) is 7.04. The van der Waals surface area contributed by atoms with Crippen LogP contribution in [0.5, 0.6) is 0 Å². The Morgan fingerprint density at radius 3 is 2.23 bits per heavy atom. The number of halogens is 3. The predicted octanol–water partition coefficient (Wildman–Crippen LogP) is 4.76. The maximum Gasteiger partial charge on any atom is 0.243 e. The van der Waals surface area contributed by atoms with Crippen molar-refractivity contribution in [3.63, 3.8) is 0 Å². The zero-order chi connectivity index (χ0) is 22.6. The third kappa shape index (κ3) is 5.88. The first-order valence-electron chi connectivity index (χ1n) is 9.21. The number of carbonyl (C=O) groups excluding carboxylic acids is 1. The fourth-order valence-electron chi connectivity index (χ4n) is 2.85. The molecular weight excluding hydrogens is 446 g/mol. The highest BCUT2D eigenvalue weighted by atomic mass is 35.5. The summed E-state index contributed by atoms with van der Waals surface area (Å²) in [5.74, 6) is -1.64. The molecule has 0 radical (unpaired) electrons. The number of sulfonamides is 1. The highest BCUT2D eigenvalue weighted by Gasteiger charge is 2.27. The minimum Gasteiger partial charge on any atom is -0.325 e. The van der Waals surface area contributed by atoms with Gasteiger partial charge < -0.3 is 5.32 Å². The van der Waals surface area contributed by atoms with Crippen LogP contribution in [0.4, 0.5) is 14.5 Å². The van der Waals surface area contributed by atoms with Crippen molar-refractivity contribution in [3.8, 4) is 0 Å². The zero-order valence-electron chi connectivity index (χ0n) is 16.5. The molecule has 0 bridgehead atoms. The molecule has 162 valence electrons. The number of nitrogens with one attached hydrogen (secondary N) is 1. The number of hydrogen-bond donors (Lipinski definition) is 1. The van der Waals surface area contributed by atoms with Crippen LogP contribution in [-0.4, -0.2) is 25.2 Å². The Morgan fingerprint density at radius 2 is 1.58 bits per heavy atom. The van der Waals surface area contributed by atoms with Crippen LogP contribution in [0.2, 0.25) is 5.02 Å². The van der Waals surface area contributed by atoms with Gasteiger partial charge in [-0.25, -0.2) is 17.2 Å². The van der Waals surface area contributed by atoms with Gasteiger partial charge in [0.1, 0.15) is 11.6 Å². The van der Waals surface area contributed by atoms with E-state index in [-0.39, 0.29) is 17.1 Å². The van der Waals surface area contributed by atoms with Gasteiger partial charge in [-0.05, 0) is 66.6 Å². The molecule has 0 aliphatic rings. The molecule has 5 nitrogen and oxygen atoms in total. The first kappa shape index (κ1) is 22.9. The van der Waals surface area contributed by atoms with E-state index in [4.69, 9.17) is 11.6 Å². The first-order valence-corrected chi connectivity index (χ1v) is 11.0. The van der Waals surface area contributed by atoms with Gasteiger partial charge in [-0.3, -0.25) is 4.79 Å². The first-order chi connectivity index (χ1) is 14.6. The van der Waals surface area contributed by atoms with Gasteiger partial charge in [0.25, 0.3) is 0 Å². The van der Waals surface area contributed by atoms with Crippen LogP contribution in [0, 0.1) is 18.6 Å². The highest BCUT2D eigenvalue weighted by molar-refractivity contribution is 7.89. The number of rotatable bonds is 7. The second-order valence-electron chi connectivity index (χ2n) is 6.86. The predicted molar refractivity (Wildman–Crippen MR) is 115 cm³/mol. The molecule has 0 atom stereocenters. The Labute approximate surface area is 184 Å². The van der Waals surface area contributed by atoms with Gasteiger partial charge in [-0.15, -0.1) is 0 Å². The van der Waals surface area contributed by atoms with Crippen LogP contribution in [0.3, 0.4) is 0 Å². The molecule has 3 aromatic carbocycles. The average Bonchev–Trinajstić information content (AvgIpc) is 2.72. The maximum absolute atomic E-state index is 13.5. The quantitative estimate of drug-likeness (QED) is 0.548. The maximum atomic E-state index is 13.5. The SMILES string of the molecule is Cc1ccc(F)cc1NC(=O)CN(Cc1ccc(F)cc1)S(=O)(=O)c1ccc(Cl)cc1. The van der Waals surface area contributed by atoms with Gasteiger partial charge in [0.15, 0.2) is 0 Å².